The van der Waals surface area contributed by atoms with Crippen LogP contribution in [0.15, 0.2) is 0 Å². The second kappa shape index (κ2) is 22.9. The van der Waals surface area contributed by atoms with Gasteiger partial charge in [0.1, 0.15) is 24.4 Å². The fourth-order valence-corrected chi connectivity index (χ4v) is 1.49. The summed E-state index contributed by atoms with van der Waals surface area (Å²) in [6.07, 6.45) is -0.207. The quantitative estimate of drug-likeness (QED) is 0.238. The summed E-state index contributed by atoms with van der Waals surface area (Å²) in [6.45, 7) is 12.3. The van der Waals surface area contributed by atoms with E-state index < -0.39 is 31.9 Å². The summed E-state index contributed by atoms with van der Waals surface area (Å²) in [5.74, 6) is -1.20. The molecule has 25 heavy (non-hydrogen) atoms. The molecular formula is C16H30O8Ti. The first-order chi connectivity index (χ1) is 11.7. The van der Waals surface area contributed by atoms with Crippen molar-refractivity contribution in [2.24, 2.45) is 0 Å². The predicted octanol–water partition coefficient (Wildman–Crippen LogP) is 2.03. The van der Waals surface area contributed by atoms with Crippen LogP contribution in [-0.2, 0) is 55.2 Å². The van der Waals surface area contributed by atoms with Crippen molar-refractivity contribution < 1.29 is 55.2 Å². The van der Waals surface area contributed by atoms with Crippen LogP contribution in [0.3, 0.4) is 0 Å². The number of esters is 2. The summed E-state index contributed by atoms with van der Waals surface area (Å²) in [5, 5.41) is 0. The molecule has 0 unspecified atom stereocenters. The summed E-state index contributed by atoms with van der Waals surface area (Å²) < 4.78 is 18.9. The SMILES string of the molecule is CCOC(=O)CC(C)=O.CCOC(=O)CC(C)=O.CC[O][Ti][O]CC. The average molecular weight is 398 g/mol. The standard InChI is InChI=1S/2C6H10O3.2C2H5O.Ti/c2*1-3-9-6(8)4-5(2)7;2*1-2-3;/h2*3-4H2,1-2H3;2*2H2,1H3;/q;;2*-1;+2. The van der Waals surface area contributed by atoms with Gasteiger partial charge in [-0.15, -0.1) is 0 Å². The topological polar surface area (TPSA) is 105 Å². The van der Waals surface area contributed by atoms with E-state index in [0.717, 1.165) is 13.2 Å². The van der Waals surface area contributed by atoms with Gasteiger partial charge in [0.2, 0.25) is 0 Å². The van der Waals surface area contributed by atoms with E-state index in [1.807, 2.05) is 13.8 Å². The summed E-state index contributed by atoms with van der Waals surface area (Å²) >= 11 is -0.486. The molecule has 8 nitrogen and oxygen atoms in total. The van der Waals surface area contributed by atoms with E-state index in [0.29, 0.717) is 13.2 Å². The van der Waals surface area contributed by atoms with Crippen LogP contribution in [0.2, 0.25) is 0 Å². The summed E-state index contributed by atoms with van der Waals surface area (Å²) in [7, 11) is 0. The van der Waals surface area contributed by atoms with E-state index in [9.17, 15) is 19.2 Å². The molecule has 0 atom stereocenters. The van der Waals surface area contributed by atoms with Crippen molar-refractivity contribution in [2.75, 3.05) is 26.4 Å². The molecule has 0 bridgehead atoms. The van der Waals surface area contributed by atoms with E-state index in [1.165, 1.54) is 13.8 Å². The van der Waals surface area contributed by atoms with Gasteiger partial charge in [-0.25, -0.2) is 0 Å². The minimum absolute atomic E-state index is 0.103. The Balaban J connectivity index is -0.000000293. The van der Waals surface area contributed by atoms with Crippen LogP contribution in [0.1, 0.15) is 54.4 Å². The third-order valence-corrected chi connectivity index (χ3v) is 3.07. The van der Waals surface area contributed by atoms with Gasteiger partial charge in [-0.2, -0.15) is 0 Å². The number of carbonyl (C=O) groups is 4. The van der Waals surface area contributed by atoms with Crippen molar-refractivity contribution in [3.63, 3.8) is 0 Å². The molecule has 0 amide bonds. The zero-order valence-electron chi connectivity index (χ0n) is 16.0. The van der Waals surface area contributed by atoms with E-state index in [2.05, 4.69) is 9.47 Å². The molecule has 0 radical (unpaired) electrons. The molecule has 0 N–H and O–H groups in total. The monoisotopic (exact) mass is 398 g/mol. The molecule has 0 aromatic rings. The summed E-state index contributed by atoms with van der Waals surface area (Å²) in [5.41, 5.74) is 0. The Morgan fingerprint density at radius 2 is 0.960 bits per heavy atom. The number of hydrogen-bond acceptors (Lipinski definition) is 8. The molecule has 146 valence electrons. The van der Waals surface area contributed by atoms with Gasteiger partial charge in [-0.3, -0.25) is 19.2 Å². The Morgan fingerprint density at radius 3 is 1.16 bits per heavy atom. The van der Waals surface area contributed by atoms with Gasteiger partial charge in [-0.1, -0.05) is 0 Å². The van der Waals surface area contributed by atoms with Crippen LogP contribution in [-0.4, -0.2) is 49.9 Å². The molecule has 0 heterocycles. The van der Waals surface area contributed by atoms with Crippen molar-refractivity contribution >= 4 is 23.5 Å². The van der Waals surface area contributed by atoms with Crippen LogP contribution in [0.4, 0.5) is 0 Å². The van der Waals surface area contributed by atoms with Gasteiger partial charge in [-0.05, 0) is 27.7 Å². The van der Waals surface area contributed by atoms with Crippen LogP contribution >= 0.6 is 0 Å². The normalized spacial score (nSPS) is 8.72. The van der Waals surface area contributed by atoms with Crippen LogP contribution < -0.4 is 0 Å². The van der Waals surface area contributed by atoms with Crippen molar-refractivity contribution in [1.29, 1.82) is 0 Å². The molecule has 0 saturated heterocycles. The Morgan fingerprint density at radius 1 is 0.640 bits per heavy atom. The van der Waals surface area contributed by atoms with E-state index in [1.54, 1.807) is 13.8 Å². The van der Waals surface area contributed by atoms with Gasteiger partial charge >= 0.3 is 65.6 Å². The summed E-state index contributed by atoms with van der Waals surface area (Å²) in [6, 6.07) is 0. The van der Waals surface area contributed by atoms with E-state index in [4.69, 9.17) is 6.64 Å². The third kappa shape index (κ3) is 35.0. The second-order valence-electron chi connectivity index (χ2n) is 4.32. The average Bonchev–Trinajstić information content (AvgIpc) is 2.48. The molecule has 0 saturated carbocycles. The maximum atomic E-state index is 10.4. The number of ether oxygens (including phenoxy) is 2. The number of hydrogen-bond donors (Lipinski definition) is 0. The Bertz CT molecular complexity index is 337. The molecule has 0 aliphatic heterocycles. The van der Waals surface area contributed by atoms with Crippen molar-refractivity contribution in [3.8, 4) is 0 Å². The van der Waals surface area contributed by atoms with Gasteiger partial charge in [0.05, 0.1) is 13.2 Å². The van der Waals surface area contributed by atoms with Crippen LogP contribution in [0.5, 0.6) is 0 Å². The first kappa shape index (κ1) is 28.7. The first-order valence-corrected chi connectivity index (χ1v) is 9.31. The molecule has 0 aromatic carbocycles. The number of ketones is 2. The van der Waals surface area contributed by atoms with Crippen molar-refractivity contribution in [3.05, 3.63) is 0 Å². The predicted molar refractivity (Wildman–Crippen MR) is 87.1 cm³/mol. The molecular weight excluding hydrogens is 368 g/mol. The molecule has 0 aliphatic rings. The Kier molecular flexibility index (Phi) is 26.3. The fourth-order valence-electron chi connectivity index (χ4n) is 0.990. The second-order valence-corrected chi connectivity index (χ2v) is 5.48. The zero-order chi connectivity index (χ0) is 20.1. The van der Waals surface area contributed by atoms with Crippen LogP contribution in [0.25, 0.3) is 0 Å². The minimum atomic E-state index is -0.486. The van der Waals surface area contributed by atoms with Crippen LogP contribution in [0, 0.1) is 0 Å². The molecule has 9 heteroatoms. The molecule has 0 fully saturated rings. The number of carbonyl (C=O) groups excluding carboxylic acids is 4. The van der Waals surface area contributed by atoms with Gasteiger partial charge in [0, 0.05) is 0 Å². The molecule has 0 spiro atoms. The van der Waals surface area contributed by atoms with Crippen molar-refractivity contribution in [2.45, 2.75) is 54.4 Å². The maximum absolute atomic E-state index is 10.4. The fraction of sp³-hybridized carbons (Fsp3) is 0.750. The zero-order valence-corrected chi connectivity index (χ0v) is 17.6. The first-order valence-electron chi connectivity index (χ1n) is 8.03. The summed E-state index contributed by atoms with van der Waals surface area (Å²) in [4.78, 5) is 41.3. The third-order valence-electron chi connectivity index (χ3n) is 1.80. The number of rotatable bonds is 10. The van der Waals surface area contributed by atoms with Gasteiger partial charge in [0.15, 0.2) is 0 Å². The molecule has 0 rings (SSSR count). The molecule has 0 aliphatic carbocycles. The molecule has 0 aromatic heterocycles. The Hall–Kier alpha value is -1.09. The number of Topliss-reactive ketones (excluding diaryl/α,β-unsaturated/α-hetero) is 2. The van der Waals surface area contributed by atoms with Gasteiger partial charge < -0.3 is 9.47 Å². The van der Waals surface area contributed by atoms with Crippen molar-refractivity contribution in [1.82, 2.24) is 0 Å². The van der Waals surface area contributed by atoms with E-state index in [-0.39, 0.29) is 24.4 Å². The van der Waals surface area contributed by atoms with E-state index >= 15 is 0 Å². The van der Waals surface area contributed by atoms with Gasteiger partial charge in [0.25, 0.3) is 0 Å². The Labute approximate surface area is 159 Å².